The molecule has 0 aromatic heterocycles. The van der Waals surface area contributed by atoms with Crippen LogP contribution in [0.4, 0.5) is 0 Å². The molecule has 94 valence electrons. The molecule has 0 saturated heterocycles. The van der Waals surface area contributed by atoms with Crippen molar-refractivity contribution in [1.82, 2.24) is 0 Å². The lowest BCUT2D eigenvalue weighted by atomic mass is 9.74. The lowest BCUT2D eigenvalue weighted by Crippen LogP contribution is -2.21. The minimum Gasteiger partial charge on any atom is -0.295 e. The summed E-state index contributed by atoms with van der Waals surface area (Å²) in [5.74, 6) is 0.213. The van der Waals surface area contributed by atoms with E-state index < -0.39 is 0 Å². The largest absolute Gasteiger partial charge is 0.295 e. The summed E-state index contributed by atoms with van der Waals surface area (Å²) in [4.78, 5) is 11.9. The van der Waals surface area contributed by atoms with Gasteiger partial charge in [-0.25, -0.2) is 0 Å². The molecule has 0 spiro atoms. The van der Waals surface area contributed by atoms with Crippen LogP contribution in [0.1, 0.15) is 24.5 Å². The van der Waals surface area contributed by atoms with E-state index in [1.54, 1.807) is 0 Å². The first kappa shape index (κ1) is 11.9. The Morgan fingerprint density at radius 2 is 1.47 bits per heavy atom. The summed E-state index contributed by atoms with van der Waals surface area (Å²) >= 11 is 0. The molecule has 1 atom stereocenters. The molecule has 1 heteroatoms. The fourth-order valence-electron chi connectivity index (χ4n) is 2.90. The van der Waals surface area contributed by atoms with Gasteiger partial charge in [0.05, 0.1) is 0 Å². The minimum atomic E-state index is -0.209. The molecule has 0 N–H and O–H groups in total. The Kier molecular flexibility index (Phi) is 2.83. The van der Waals surface area contributed by atoms with Gasteiger partial charge in [-0.3, -0.25) is 4.79 Å². The van der Waals surface area contributed by atoms with Gasteiger partial charge in [0.1, 0.15) is 0 Å². The summed E-state index contributed by atoms with van der Waals surface area (Å²) in [6, 6.07) is 20.5. The highest BCUT2D eigenvalue weighted by Gasteiger charge is 2.38. The predicted octanol–water partition coefficient (Wildman–Crippen LogP) is 4.00. The number of rotatable bonds is 2. The summed E-state index contributed by atoms with van der Waals surface area (Å²) < 4.78 is 0. The van der Waals surface area contributed by atoms with Crippen molar-refractivity contribution in [3.63, 3.8) is 0 Å². The van der Waals surface area contributed by atoms with Gasteiger partial charge in [0.15, 0.2) is 5.78 Å². The quantitative estimate of drug-likeness (QED) is 0.785. The van der Waals surface area contributed by atoms with Crippen molar-refractivity contribution in [3.8, 4) is 0 Å². The van der Waals surface area contributed by atoms with Gasteiger partial charge in [-0.1, -0.05) is 67.6 Å². The van der Waals surface area contributed by atoms with Crippen LogP contribution in [0.5, 0.6) is 0 Å². The number of hydrogen-bond donors (Lipinski definition) is 0. The number of benzene rings is 2. The molecular weight excluding hydrogens is 232 g/mol. The maximum Gasteiger partial charge on any atom is 0.157 e. The molecule has 0 aliphatic heterocycles. The van der Waals surface area contributed by atoms with Crippen LogP contribution in [0, 0.1) is 0 Å². The van der Waals surface area contributed by atoms with E-state index in [4.69, 9.17) is 0 Å². The van der Waals surface area contributed by atoms with E-state index in [1.807, 2.05) is 42.5 Å². The number of carbonyl (C=O) groups excluding carboxylic acids is 1. The van der Waals surface area contributed by atoms with E-state index in [2.05, 4.69) is 31.2 Å². The lowest BCUT2D eigenvalue weighted by molar-refractivity contribution is -0.114. The number of carbonyl (C=O) groups is 1. The van der Waals surface area contributed by atoms with Gasteiger partial charge in [-0.05, 0) is 22.8 Å². The van der Waals surface area contributed by atoms with Gasteiger partial charge in [0.25, 0.3) is 0 Å². The zero-order chi connectivity index (χ0) is 13.3. The van der Waals surface area contributed by atoms with Crippen molar-refractivity contribution in [1.29, 1.82) is 0 Å². The molecule has 0 radical (unpaired) electrons. The fraction of sp³-hybridized carbons (Fsp3) is 0.167. The van der Waals surface area contributed by atoms with Gasteiger partial charge >= 0.3 is 0 Å². The van der Waals surface area contributed by atoms with Gasteiger partial charge in [-0.2, -0.15) is 0 Å². The Morgan fingerprint density at radius 3 is 2.11 bits per heavy atom. The first-order chi connectivity index (χ1) is 9.20. The molecule has 0 saturated carbocycles. The van der Waals surface area contributed by atoms with Crippen molar-refractivity contribution in [2.45, 2.75) is 18.8 Å². The van der Waals surface area contributed by atoms with E-state index >= 15 is 0 Å². The molecule has 0 bridgehead atoms. The van der Waals surface area contributed by atoms with E-state index in [9.17, 15) is 4.79 Å². The number of hydrogen-bond acceptors (Lipinski definition) is 1. The second-order valence-electron chi connectivity index (χ2n) is 5.27. The molecule has 1 aliphatic rings. The fourth-order valence-corrected chi connectivity index (χ4v) is 2.90. The molecule has 2 aromatic carbocycles. The predicted molar refractivity (Wildman–Crippen MR) is 77.8 cm³/mol. The first-order valence-corrected chi connectivity index (χ1v) is 6.56. The van der Waals surface area contributed by atoms with Crippen LogP contribution in [0.25, 0.3) is 5.57 Å². The van der Waals surface area contributed by atoms with Crippen LogP contribution in [-0.2, 0) is 10.2 Å². The Hall–Kier alpha value is -2.15. The summed E-state index contributed by atoms with van der Waals surface area (Å²) in [5.41, 5.74) is 3.26. The smallest absolute Gasteiger partial charge is 0.157 e. The molecule has 0 heterocycles. The Morgan fingerprint density at radius 1 is 0.895 bits per heavy atom. The van der Waals surface area contributed by atoms with E-state index in [1.165, 1.54) is 5.56 Å². The molecule has 1 nitrogen and oxygen atoms in total. The van der Waals surface area contributed by atoms with E-state index in [-0.39, 0.29) is 11.2 Å². The molecule has 0 fully saturated rings. The van der Waals surface area contributed by atoms with Gasteiger partial charge < -0.3 is 0 Å². The van der Waals surface area contributed by atoms with Gasteiger partial charge in [0.2, 0.25) is 0 Å². The summed E-state index contributed by atoms with van der Waals surface area (Å²) in [5, 5.41) is 0. The van der Waals surface area contributed by atoms with E-state index in [0.29, 0.717) is 6.42 Å². The molecule has 1 unspecified atom stereocenters. The number of allylic oxidation sites excluding steroid dienone is 2. The molecule has 0 amide bonds. The average molecular weight is 248 g/mol. The third kappa shape index (κ3) is 2.01. The Balaban J connectivity index is 2.12. The van der Waals surface area contributed by atoms with Crippen LogP contribution in [-0.4, -0.2) is 5.78 Å². The first-order valence-electron chi connectivity index (χ1n) is 6.56. The summed E-state index contributed by atoms with van der Waals surface area (Å²) in [6.07, 6.45) is 2.36. The molecule has 1 aliphatic carbocycles. The van der Waals surface area contributed by atoms with Crippen molar-refractivity contribution in [2.75, 3.05) is 0 Å². The zero-order valence-electron chi connectivity index (χ0n) is 11.0. The van der Waals surface area contributed by atoms with Crippen molar-refractivity contribution >= 4 is 11.4 Å². The molecule has 2 aromatic rings. The molecule has 19 heavy (non-hydrogen) atoms. The second-order valence-corrected chi connectivity index (χ2v) is 5.27. The lowest BCUT2D eigenvalue weighted by Gasteiger charge is -2.28. The van der Waals surface area contributed by atoms with Gasteiger partial charge in [0, 0.05) is 11.8 Å². The topological polar surface area (TPSA) is 17.1 Å². The van der Waals surface area contributed by atoms with Crippen LogP contribution in [0.3, 0.4) is 0 Å². The Labute approximate surface area is 113 Å². The minimum absolute atomic E-state index is 0.209. The molecule has 3 rings (SSSR count). The molecular formula is C18H16O. The van der Waals surface area contributed by atoms with Crippen LogP contribution in [0.2, 0.25) is 0 Å². The second kappa shape index (κ2) is 4.51. The number of ketones is 1. The van der Waals surface area contributed by atoms with Crippen LogP contribution in [0.15, 0.2) is 66.7 Å². The summed E-state index contributed by atoms with van der Waals surface area (Å²) in [6.45, 7) is 2.16. The highest BCUT2D eigenvalue weighted by Crippen LogP contribution is 2.45. The third-order valence-corrected chi connectivity index (χ3v) is 3.92. The van der Waals surface area contributed by atoms with Crippen molar-refractivity contribution in [3.05, 3.63) is 77.9 Å². The third-order valence-electron chi connectivity index (χ3n) is 3.92. The standard InChI is InChI=1S/C18H16O/c1-18(15-10-6-3-7-11-15)13-16(19)12-17(18)14-8-4-2-5-9-14/h2-12H,13H2,1H3. The highest BCUT2D eigenvalue weighted by molar-refractivity contribution is 6.05. The monoisotopic (exact) mass is 248 g/mol. The highest BCUT2D eigenvalue weighted by atomic mass is 16.1. The van der Waals surface area contributed by atoms with Crippen molar-refractivity contribution in [2.24, 2.45) is 0 Å². The SMILES string of the molecule is CC1(c2ccccc2)CC(=O)C=C1c1ccccc1. The normalized spacial score (nSPS) is 22.4. The maximum absolute atomic E-state index is 11.9. The van der Waals surface area contributed by atoms with E-state index in [0.717, 1.165) is 11.1 Å². The van der Waals surface area contributed by atoms with Gasteiger partial charge in [-0.15, -0.1) is 0 Å². The Bertz CT molecular complexity index is 625. The maximum atomic E-state index is 11.9. The van der Waals surface area contributed by atoms with Crippen LogP contribution < -0.4 is 0 Å². The average Bonchev–Trinajstić information content (AvgIpc) is 2.77. The van der Waals surface area contributed by atoms with Crippen molar-refractivity contribution < 1.29 is 4.79 Å². The zero-order valence-corrected chi connectivity index (χ0v) is 11.0. The summed E-state index contributed by atoms with van der Waals surface area (Å²) in [7, 11) is 0. The van der Waals surface area contributed by atoms with Crippen LogP contribution >= 0.6 is 0 Å².